The highest BCUT2D eigenvalue weighted by Gasteiger charge is 2.09. The normalized spacial score (nSPS) is 10.0. The highest BCUT2D eigenvalue weighted by atomic mass is 16.2. The number of amides is 2. The molecular formula is C13H19N3O2. The van der Waals surface area contributed by atoms with E-state index >= 15 is 0 Å². The molecule has 0 aliphatic heterocycles. The van der Waals surface area contributed by atoms with Crippen molar-refractivity contribution in [1.29, 1.82) is 0 Å². The van der Waals surface area contributed by atoms with Crippen molar-refractivity contribution in [2.45, 2.75) is 33.6 Å². The third-order valence-corrected chi connectivity index (χ3v) is 2.68. The SMILES string of the molecule is Cc1cc(C)c(NC(=O)CCC(=O)NN)c(C)c1. The lowest BCUT2D eigenvalue weighted by Crippen LogP contribution is -2.30. The van der Waals surface area contributed by atoms with Gasteiger partial charge >= 0.3 is 0 Å². The van der Waals surface area contributed by atoms with Crippen molar-refractivity contribution >= 4 is 17.5 Å². The number of aryl methyl sites for hydroxylation is 3. The van der Waals surface area contributed by atoms with Gasteiger partial charge in [-0.1, -0.05) is 17.7 Å². The standard InChI is InChI=1S/C13H19N3O2/c1-8-6-9(2)13(10(3)7-8)15-11(17)4-5-12(18)16-14/h6-7H,4-5,14H2,1-3H3,(H,15,17)(H,16,18). The number of benzene rings is 1. The van der Waals surface area contributed by atoms with E-state index in [9.17, 15) is 9.59 Å². The minimum atomic E-state index is -0.345. The van der Waals surface area contributed by atoms with Crippen LogP contribution in [0.5, 0.6) is 0 Å². The van der Waals surface area contributed by atoms with Gasteiger partial charge < -0.3 is 5.32 Å². The second-order valence-corrected chi connectivity index (χ2v) is 4.39. The summed E-state index contributed by atoms with van der Waals surface area (Å²) in [6, 6.07) is 4.02. The first-order valence-electron chi connectivity index (χ1n) is 5.81. The Morgan fingerprint density at radius 3 is 2.06 bits per heavy atom. The molecule has 0 unspecified atom stereocenters. The molecule has 1 aromatic rings. The van der Waals surface area contributed by atoms with Crippen molar-refractivity contribution < 1.29 is 9.59 Å². The van der Waals surface area contributed by atoms with Crippen LogP contribution < -0.4 is 16.6 Å². The minimum Gasteiger partial charge on any atom is -0.326 e. The molecule has 5 heteroatoms. The Bertz CT molecular complexity index is 446. The summed E-state index contributed by atoms with van der Waals surface area (Å²) in [4.78, 5) is 22.6. The van der Waals surface area contributed by atoms with Crippen LogP contribution in [0.3, 0.4) is 0 Å². The number of anilines is 1. The number of rotatable bonds is 4. The first kappa shape index (κ1) is 14.2. The number of nitrogens with two attached hydrogens (primary N) is 1. The molecule has 1 rings (SSSR count). The largest absolute Gasteiger partial charge is 0.326 e. The quantitative estimate of drug-likeness (QED) is 0.427. The zero-order chi connectivity index (χ0) is 13.7. The molecule has 0 bridgehead atoms. The van der Waals surface area contributed by atoms with E-state index in [-0.39, 0.29) is 24.7 Å². The van der Waals surface area contributed by atoms with Crippen molar-refractivity contribution in [3.63, 3.8) is 0 Å². The summed E-state index contributed by atoms with van der Waals surface area (Å²) in [6.45, 7) is 5.90. The third kappa shape index (κ3) is 3.85. The molecule has 0 saturated carbocycles. The molecule has 1 aromatic carbocycles. The van der Waals surface area contributed by atoms with E-state index in [0.29, 0.717) is 0 Å². The molecule has 0 radical (unpaired) electrons. The van der Waals surface area contributed by atoms with Gasteiger partial charge in [0.25, 0.3) is 0 Å². The first-order valence-corrected chi connectivity index (χ1v) is 5.81. The van der Waals surface area contributed by atoms with E-state index in [2.05, 4.69) is 5.32 Å². The summed E-state index contributed by atoms with van der Waals surface area (Å²) >= 11 is 0. The molecule has 0 aromatic heterocycles. The molecule has 0 saturated heterocycles. The van der Waals surface area contributed by atoms with Gasteiger partial charge in [-0.3, -0.25) is 15.0 Å². The van der Waals surface area contributed by atoms with Crippen LogP contribution in [0, 0.1) is 20.8 Å². The van der Waals surface area contributed by atoms with Crippen LogP contribution in [0.2, 0.25) is 0 Å². The molecule has 0 spiro atoms. The van der Waals surface area contributed by atoms with Gasteiger partial charge in [0.2, 0.25) is 11.8 Å². The lowest BCUT2D eigenvalue weighted by atomic mass is 10.0. The van der Waals surface area contributed by atoms with E-state index in [4.69, 9.17) is 5.84 Å². The van der Waals surface area contributed by atoms with E-state index in [1.165, 1.54) is 0 Å². The summed E-state index contributed by atoms with van der Waals surface area (Å²) in [6.07, 6.45) is 0.210. The van der Waals surface area contributed by atoms with Gasteiger partial charge in [-0.2, -0.15) is 0 Å². The Kier molecular flexibility index (Phi) is 4.85. The summed E-state index contributed by atoms with van der Waals surface area (Å²) in [7, 11) is 0. The molecule has 5 nitrogen and oxygen atoms in total. The van der Waals surface area contributed by atoms with Crippen molar-refractivity contribution in [3.05, 3.63) is 28.8 Å². The Labute approximate surface area is 107 Å². The highest BCUT2D eigenvalue weighted by Crippen LogP contribution is 2.22. The van der Waals surface area contributed by atoms with Crippen LogP contribution in [-0.4, -0.2) is 11.8 Å². The fraction of sp³-hybridized carbons (Fsp3) is 0.385. The Morgan fingerprint density at radius 1 is 1.06 bits per heavy atom. The number of hydrazine groups is 1. The van der Waals surface area contributed by atoms with Crippen LogP contribution in [0.25, 0.3) is 0 Å². The summed E-state index contributed by atoms with van der Waals surface area (Å²) in [5, 5.41) is 2.83. The van der Waals surface area contributed by atoms with Crippen LogP contribution in [0.1, 0.15) is 29.5 Å². The Morgan fingerprint density at radius 2 is 1.56 bits per heavy atom. The van der Waals surface area contributed by atoms with E-state index in [1.807, 2.05) is 38.3 Å². The molecule has 0 aliphatic carbocycles. The summed E-state index contributed by atoms with van der Waals surface area (Å²) < 4.78 is 0. The molecular weight excluding hydrogens is 230 g/mol. The van der Waals surface area contributed by atoms with Gasteiger partial charge in [-0.05, 0) is 31.9 Å². The number of carbonyl (C=O) groups excluding carboxylic acids is 2. The number of hydrogen-bond acceptors (Lipinski definition) is 3. The maximum absolute atomic E-state index is 11.7. The first-order chi connectivity index (χ1) is 8.43. The van der Waals surface area contributed by atoms with Crippen LogP contribution >= 0.6 is 0 Å². The Balaban J connectivity index is 2.68. The predicted octanol–water partition coefficient (Wildman–Crippen LogP) is 1.32. The lowest BCUT2D eigenvalue weighted by Gasteiger charge is -2.12. The second-order valence-electron chi connectivity index (χ2n) is 4.39. The van der Waals surface area contributed by atoms with Crippen molar-refractivity contribution in [2.24, 2.45) is 5.84 Å². The molecule has 0 fully saturated rings. The monoisotopic (exact) mass is 249 g/mol. The minimum absolute atomic E-state index is 0.0896. The molecule has 98 valence electrons. The highest BCUT2D eigenvalue weighted by molar-refractivity contribution is 5.94. The third-order valence-electron chi connectivity index (χ3n) is 2.68. The van der Waals surface area contributed by atoms with E-state index in [1.54, 1.807) is 0 Å². The molecule has 4 N–H and O–H groups in total. The van der Waals surface area contributed by atoms with Crippen molar-refractivity contribution in [1.82, 2.24) is 5.43 Å². The average molecular weight is 249 g/mol. The molecule has 0 heterocycles. The van der Waals surface area contributed by atoms with Crippen molar-refractivity contribution in [2.75, 3.05) is 5.32 Å². The second kappa shape index (κ2) is 6.16. The summed E-state index contributed by atoms with van der Waals surface area (Å²) in [5.41, 5.74) is 6.01. The lowest BCUT2D eigenvalue weighted by molar-refractivity contribution is -0.124. The van der Waals surface area contributed by atoms with Gasteiger partial charge in [0.05, 0.1) is 0 Å². The van der Waals surface area contributed by atoms with Gasteiger partial charge in [-0.15, -0.1) is 0 Å². The maximum Gasteiger partial charge on any atom is 0.234 e. The average Bonchev–Trinajstić information content (AvgIpc) is 2.30. The van der Waals surface area contributed by atoms with Crippen LogP contribution in [0.4, 0.5) is 5.69 Å². The molecule has 18 heavy (non-hydrogen) atoms. The van der Waals surface area contributed by atoms with E-state index < -0.39 is 0 Å². The van der Waals surface area contributed by atoms with Gasteiger partial charge in [0.1, 0.15) is 0 Å². The topological polar surface area (TPSA) is 84.2 Å². The molecule has 0 aliphatic rings. The number of carbonyl (C=O) groups is 2. The van der Waals surface area contributed by atoms with Crippen LogP contribution in [0.15, 0.2) is 12.1 Å². The fourth-order valence-corrected chi connectivity index (χ4v) is 1.88. The summed E-state index contributed by atoms with van der Waals surface area (Å²) in [5.74, 6) is 4.41. The van der Waals surface area contributed by atoms with Crippen LogP contribution in [-0.2, 0) is 9.59 Å². The fourth-order valence-electron chi connectivity index (χ4n) is 1.88. The number of hydrogen-bond donors (Lipinski definition) is 3. The predicted molar refractivity (Wildman–Crippen MR) is 70.8 cm³/mol. The smallest absolute Gasteiger partial charge is 0.234 e. The van der Waals surface area contributed by atoms with Gasteiger partial charge in [0.15, 0.2) is 0 Å². The Hall–Kier alpha value is -1.88. The maximum atomic E-state index is 11.7. The van der Waals surface area contributed by atoms with Gasteiger partial charge in [-0.25, -0.2) is 5.84 Å². The van der Waals surface area contributed by atoms with Gasteiger partial charge in [0, 0.05) is 18.5 Å². The van der Waals surface area contributed by atoms with E-state index in [0.717, 1.165) is 22.4 Å². The molecule has 2 amide bonds. The zero-order valence-corrected chi connectivity index (χ0v) is 11.0. The zero-order valence-electron chi connectivity index (χ0n) is 11.0. The molecule has 0 atom stereocenters. The number of nitrogens with one attached hydrogen (secondary N) is 2. The van der Waals surface area contributed by atoms with Crippen molar-refractivity contribution in [3.8, 4) is 0 Å².